The fourth-order valence-electron chi connectivity index (χ4n) is 2.27. The Balaban J connectivity index is 1.76. The summed E-state index contributed by atoms with van der Waals surface area (Å²) in [6.45, 7) is 5.32. The minimum atomic E-state index is -0.513. The molecule has 0 heterocycles. The molecule has 0 N–H and O–H groups in total. The molecule has 0 saturated carbocycles. The van der Waals surface area contributed by atoms with Gasteiger partial charge < -0.3 is 18.9 Å². The predicted molar refractivity (Wildman–Crippen MR) is 115 cm³/mol. The molecule has 0 aliphatic carbocycles. The van der Waals surface area contributed by atoms with Gasteiger partial charge in [0.2, 0.25) is 0 Å². The molecule has 0 atom stereocenters. The molecular formula is C24H24O7. The van der Waals surface area contributed by atoms with E-state index in [4.69, 9.17) is 18.9 Å². The van der Waals surface area contributed by atoms with Crippen LogP contribution in [0.3, 0.4) is 0 Å². The van der Waals surface area contributed by atoms with Crippen molar-refractivity contribution in [2.75, 3.05) is 20.3 Å². The van der Waals surface area contributed by atoms with E-state index in [1.165, 1.54) is 6.08 Å². The minimum absolute atomic E-state index is 0.132. The van der Waals surface area contributed by atoms with Gasteiger partial charge in [0.15, 0.2) is 0 Å². The van der Waals surface area contributed by atoms with Crippen molar-refractivity contribution in [3.63, 3.8) is 0 Å². The summed E-state index contributed by atoms with van der Waals surface area (Å²) in [5.41, 5.74) is 1.46. The predicted octanol–water partition coefficient (Wildman–Crippen LogP) is 3.98. The summed E-state index contributed by atoms with van der Waals surface area (Å²) < 4.78 is 20.3. The van der Waals surface area contributed by atoms with Gasteiger partial charge >= 0.3 is 17.9 Å². The van der Waals surface area contributed by atoms with Gasteiger partial charge in [0.25, 0.3) is 0 Å². The van der Waals surface area contributed by atoms with Gasteiger partial charge in [-0.05, 0) is 55.0 Å². The molecular weight excluding hydrogens is 400 g/mol. The fraction of sp³-hybridized carbons (Fsp3) is 0.208. The Morgan fingerprint density at radius 2 is 1.52 bits per heavy atom. The zero-order valence-corrected chi connectivity index (χ0v) is 17.5. The van der Waals surface area contributed by atoms with Gasteiger partial charge in [0, 0.05) is 18.1 Å². The Hall–Kier alpha value is -3.87. The molecule has 0 saturated heterocycles. The zero-order chi connectivity index (χ0) is 22.6. The molecule has 0 aliphatic heterocycles. The minimum Gasteiger partial charge on any atom is -0.497 e. The lowest BCUT2D eigenvalue weighted by Crippen LogP contribution is -2.09. The average Bonchev–Trinajstić information content (AvgIpc) is 2.78. The van der Waals surface area contributed by atoms with Gasteiger partial charge in [-0.2, -0.15) is 0 Å². The van der Waals surface area contributed by atoms with Crippen LogP contribution in [0.1, 0.15) is 29.3 Å². The lowest BCUT2D eigenvalue weighted by Gasteiger charge is -2.06. The molecule has 7 heteroatoms. The Kier molecular flexibility index (Phi) is 9.04. The molecule has 2 rings (SSSR count). The third-order valence-electron chi connectivity index (χ3n) is 3.94. The van der Waals surface area contributed by atoms with Gasteiger partial charge in [0.1, 0.15) is 11.5 Å². The third-order valence-corrected chi connectivity index (χ3v) is 3.94. The third kappa shape index (κ3) is 8.18. The molecule has 0 amide bonds. The number of carbonyl (C=O) groups is 3. The van der Waals surface area contributed by atoms with E-state index >= 15 is 0 Å². The van der Waals surface area contributed by atoms with Crippen molar-refractivity contribution in [3.05, 3.63) is 77.9 Å². The summed E-state index contributed by atoms with van der Waals surface area (Å²) in [7, 11) is 1.55. The Bertz CT molecular complexity index is 941. The number of hydrogen-bond donors (Lipinski definition) is 0. The Morgan fingerprint density at radius 1 is 0.903 bits per heavy atom. The maximum atomic E-state index is 12.2. The van der Waals surface area contributed by atoms with Crippen molar-refractivity contribution in [1.29, 1.82) is 0 Å². The highest BCUT2D eigenvalue weighted by Crippen LogP contribution is 2.17. The van der Waals surface area contributed by atoms with Crippen LogP contribution in [0.5, 0.6) is 11.5 Å². The van der Waals surface area contributed by atoms with Crippen LogP contribution in [0.25, 0.3) is 6.08 Å². The molecule has 7 nitrogen and oxygen atoms in total. The first-order valence-corrected chi connectivity index (χ1v) is 9.53. The highest BCUT2D eigenvalue weighted by molar-refractivity contribution is 5.91. The summed E-state index contributed by atoms with van der Waals surface area (Å²) >= 11 is 0. The first-order chi connectivity index (χ1) is 14.9. The van der Waals surface area contributed by atoms with Crippen LogP contribution in [0.2, 0.25) is 0 Å². The van der Waals surface area contributed by atoms with Crippen LogP contribution < -0.4 is 9.47 Å². The Labute approximate surface area is 180 Å². The van der Waals surface area contributed by atoms with Gasteiger partial charge in [-0.3, -0.25) is 0 Å². The van der Waals surface area contributed by atoms with Crippen LogP contribution in [-0.2, 0) is 19.1 Å². The van der Waals surface area contributed by atoms with Crippen LogP contribution in [0, 0.1) is 0 Å². The van der Waals surface area contributed by atoms with Crippen LogP contribution in [0.4, 0.5) is 0 Å². The molecule has 0 radical (unpaired) electrons. The largest absolute Gasteiger partial charge is 0.497 e. The fourth-order valence-corrected chi connectivity index (χ4v) is 2.27. The standard InChI is InChI=1S/C24H24O7/c1-17(2)23(26)30-16-4-15-29-22(25)14-7-18-5-10-21(11-6-18)31-24(27)19-8-12-20(28-3)13-9-19/h5-14H,1,4,15-16H2,2-3H3/b14-7+. The van der Waals surface area contributed by atoms with E-state index in [0.717, 1.165) is 5.56 Å². The lowest BCUT2D eigenvalue weighted by atomic mass is 10.2. The van der Waals surface area contributed by atoms with E-state index in [2.05, 4.69) is 6.58 Å². The Morgan fingerprint density at radius 3 is 2.13 bits per heavy atom. The summed E-state index contributed by atoms with van der Waals surface area (Å²) in [4.78, 5) is 35.1. The molecule has 162 valence electrons. The average molecular weight is 424 g/mol. The van der Waals surface area contributed by atoms with Crippen molar-refractivity contribution in [3.8, 4) is 11.5 Å². The first kappa shape index (κ1) is 23.4. The van der Waals surface area contributed by atoms with E-state index < -0.39 is 17.9 Å². The maximum absolute atomic E-state index is 12.2. The summed E-state index contributed by atoms with van der Waals surface area (Å²) in [5, 5.41) is 0. The highest BCUT2D eigenvalue weighted by Gasteiger charge is 2.08. The molecule has 0 bridgehead atoms. The van der Waals surface area contributed by atoms with Crippen molar-refractivity contribution in [2.24, 2.45) is 0 Å². The van der Waals surface area contributed by atoms with E-state index in [9.17, 15) is 14.4 Å². The van der Waals surface area contributed by atoms with E-state index in [-0.39, 0.29) is 13.2 Å². The van der Waals surface area contributed by atoms with E-state index in [1.807, 2.05) is 0 Å². The zero-order valence-electron chi connectivity index (χ0n) is 17.5. The number of rotatable bonds is 10. The normalized spacial score (nSPS) is 10.4. The van der Waals surface area contributed by atoms with Gasteiger partial charge in [-0.25, -0.2) is 14.4 Å². The molecule has 2 aromatic carbocycles. The first-order valence-electron chi connectivity index (χ1n) is 9.53. The summed E-state index contributed by atoms with van der Waals surface area (Å²) in [6, 6.07) is 13.3. The molecule has 0 aliphatic rings. The second-order valence-corrected chi connectivity index (χ2v) is 6.46. The second-order valence-electron chi connectivity index (χ2n) is 6.46. The lowest BCUT2D eigenvalue weighted by molar-refractivity contribution is -0.140. The van der Waals surface area contributed by atoms with Crippen LogP contribution >= 0.6 is 0 Å². The van der Waals surface area contributed by atoms with Crippen molar-refractivity contribution < 1.29 is 33.3 Å². The number of hydrogen-bond acceptors (Lipinski definition) is 7. The molecule has 0 spiro atoms. The van der Waals surface area contributed by atoms with E-state index in [1.54, 1.807) is 68.6 Å². The van der Waals surface area contributed by atoms with Gasteiger partial charge in [-0.1, -0.05) is 18.7 Å². The van der Waals surface area contributed by atoms with E-state index in [0.29, 0.717) is 29.1 Å². The topological polar surface area (TPSA) is 88.1 Å². The highest BCUT2D eigenvalue weighted by atomic mass is 16.5. The smallest absolute Gasteiger partial charge is 0.343 e. The molecule has 2 aromatic rings. The second kappa shape index (κ2) is 12.0. The maximum Gasteiger partial charge on any atom is 0.343 e. The molecule has 0 unspecified atom stereocenters. The van der Waals surface area contributed by atoms with Crippen molar-refractivity contribution >= 4 is 24.0 Å². The number of methoxy groups -OCH3 is 1. The van der Waals surface area contributed by atoms with Crippen LogP contribution in [-0.4, -0.2) is 38.2 Å². The summed E-state index contributed by atoms with van der Waals surface area (Å²) in [6.07, 6.45) is 3.27. The monoisotopic (exact) mass is 424 g/mol. The summed E-state index contributed by atoms with van der Waals surface area (Å²) in [5.74, 6) is -0.434. The number of benzene rings is 2. The van der Waals surface area contributed by atoms with Crippen LogP contribution in [0.15, 0.2) is 66.8 Å². The number of ether oxygens (including phenoxy) is 4. The number of carbonyl (C=O) groups excluding carboxylic acids is 3. The molecule has 0 aromatic heterocycles. The van der Waals surface area contributed by atoms with Gasteiger partial charge in [0.05, 0.1) is 25.9 Å². The number of esters is 3. The van der Waals surface area contributed by atoms with Crippen molar-refractivity contribution in [1.82, 2.24) is 0 Å². The molecule has 31 heavy (non-hydrogen) atoms. The SMILES string of the molecule is C=C(C)C(=O)OCCCOC(=O)/C=C/c1ccc(OC(=O)c2ccc(OC)cc2)cc1. The van der Waals surface area contributed by atoms with Crippen molar-refractivity contribution in [2.45, 2.75) is 13.3 Å². The van der Waals surface area contributed by atoms with Gasteiger partial charge in [-0.15, -0.1) is 0 Å². The molecule has 0 fully saturated rings. The quantitative estimate of drug-likeness (QED) is 0.247.